The molecule has 0 unspecified atom stereocenters. The third-order valence-corrected chi connectivity index (χ3v) is 4.68. The molecule has 0 aliphatic carbocycles. The lowest BCUT2D eigenvalue weighted by Crippen LogP contribution is -2.26. The first-order chi connectivity index (χ1) is 12.1. The van der Waals surface area contributed by atoms with Crippen molar-refractivity contribution in [2.75, 3.05) is 19.3 Å². The van der Waals surface area contributed by atoms with Gasteiger partial charge in [0.05, 0.1) is 0 Å². The van der Waals surface area contributed by atoms with Crippen LogP contribution in [0.3, 0.4) is 0 Å². The fourth-order valence-electron chi connectivity index (χ4n) is 2.44. The molecule has 0 rings (SSSR count). The summed E-state index contributed by atoms with van der Waals surface area (Å²) in [6, 6.07) is 0. The molecular weight excluding hydrogens is 336 g/mol. The molecule has 0 bridgehead atoms. The maximum absolute atomic E-state index is 11.7. The van der Waals surface area contributed by atoms with Gasteiger partial charge in [0.25, 0.3) is 0 Å². The van der Waals surface area contributed by atoms with Gasteiger partial charge in [0.2, 0.25) is 11.8 Å². The number of hydrogen-bond acceptors (Lipinski definition) is 4. The minimum atomic E-state index is 0.0318. The Balaban J connectivity index is 3.35. The molecule has 0 aromatic heterocycles. The predicted octanol–water partition coefficient (Wildman–Crippen LogP) is 3.81. The van der Waals surface area contributed by atoms with Gasteiger partial charge in [0.15, 0.2) is 5.12 Å². The van der Waals surface area contributed by atoms with Gasteiger partial charge in [0, 0.05) is 32.4 Å². The van der Waals surface area contributed by atoms with Crippen LogP contribution >= 0.6 is 11.8 Å². The van der Waals surface area contributed by atoms with E-state index in [0.29, 0.717) is 32.2 Å². The molecule has 0 radical (unpaired) electrons. The summed E-state index contributed by atoms with van der Waals surface area (Å²) in [5.74, 6) is 0.0770. The number of amides is 2. The zero-order valence-electron chi connectivity index (χ0n) is 16.0. The van der Waals surface area contributed by atoms with Crippen LogP contribution in [0.25, 0.3) is 0 Å². The van der Waals surface area contributed by atoms with Crippen molar-refractivity contribution >= 4 is 28.7 Å². The Morgan fingerprint density at radius 2 is 1.20 bits per heavy atom. The van der Waals surface area contributed by atoms with Crippen molar-refractivity contribution < 1.29 is 14.4 Å². The molecule has 6 heteroatoms. The smallest absolute Gasteiger partial charge is 0.220 e. The van der Waals surface area contributed by atoms with Crippen molar-refractivity contribution in [3.8, 4) is 0 Å². The molecule has 0 aromatic rings. The second-order valence-electron chi connectivity index (χ2n) is 6.35. The molecule has 0 saturated heterocycles. The molecule has 0 heterocycles. The average molecular weight is 373 g/mol. The Morgan fingerprint density at radius 1 is 0.680 bits per heavy atom. The maximum atomic E-state index is 11.7. The molecule has 2 amide bonds. The summed E-state index contributed by atoms with van der Waals surface area (Å²) >= 11 is 1.30. The van der Waals surface area contributed by atoms with Crippen LogP contribution in [0.5, 0.6) is 0 Å². The summed E-state index contributed by atoms with van der Waals surface area (Å²) < 4.78 is 0. The highest BCUT2D eigenvalue weighted by Crippen LogP contribution is 2.09. The molecule has 25 heavy (non-hydrogen) atoms. The molecule has 0 atom stereocenters. The lowest BCUT2D eigenvalue weighted by atomic mass is 10.1. The molecule has 0 spiro atoms. The van der Waals surface area contributed by atoms with Gasteiger partial charge in [-0.2, -0.15) is 0 Å². The highest BCUT2D eigenvalue weighted by Gasteiger charge is 2.04. The molecular formula is C19H36N2O3S. The van der Waals surface area contributed by atoms with E-state index >= 15 is 0 Å². The second kappa shape index (κ2) is 17.8. The van der Waals surface area contributed by atoms with Crippen molar-refractivity contribution in [2.45, 2.75) is 84.0 Å². The fourth-order valence-corrected chi connectivity index (χ4v) is 2.79. The summed E-state index contributed by atoms with van der Waals surface area (Å²) in [7, 11) is 0. The quantitative estimate of drug-likeness (QED) is 0.404. The van der Waals surface area contributed by atoms with E-state index in [1.54, 1.807) is 0 Å². The number of unbranched alkanes of at least 4 members (excludes halogenated alkanes) is 6. The molecule has 0 aliphatic rings. The number of carbonyl (C=O) groups excluding carboxylic acids is 3. The van der Waals surface area contributed by atoms with E-state index in [1.165, 1.54) is 11.8 Å². The maximum Gasteiger partial charge on any atom is 0.220 e. The first-order valence-corrected chi connectivity index (χ1v) is 10.9. The van der Waals surface area contributed by atoms with Crippen molar-refractivity contribution in [3.63, 3.8) is 0 Å². The fraction of sp³-hybridized carbons (Fsp3) is 0.842. The molecule has 0 aromatic carbocycles. The van der Waals surface area contributed by atoms with E-state index in [1.807, 2.05) is 6.26 Å². The van der Waals surface area contributed by atoms with E-state index in [4.69, 9.17) is 0 Å². The zero-order valence-corrected chi connectivity index (χ0v) is 16.8. The average Bonchev–Trinajstić information content (AvgIpc) is 2.60. The van der Waals surface area contributed by atoms with Crippen molar-refractivity contribution in [1.29, 1.82) is 0 Å². The third kappa shape index (κ3) is 17.6. The number of nitrogens with one attached hydrogen (secondary N) is 2. The zero-order chi connectivity index (χ0) is 18.8. The lowest BCUT2D eigenvalue weighted by molar-refractivity contribution is -0.122. The van der Waals surface area contributed by atoms with Gasteiger partial charge in [0.1, 0.15) is 0 Å². The summed E-state index contributed by atoms with van der Waals surface area (Å²) in [5, 5.41) is 6.06. The summed E-state index contributed by atoms with van der Waals surface area (Å²) in [6.45, 7) is 3.57. The van der Waals surface area contributed by atoms with Crippen LogP contribution in [-0.4, -0.2) is 36.3 Å². The largest absolute Gasteiger partial charge is 0.356 e. The summed E-state index contributed by atoms with van der Waals surface area (Å²) in [6.07, 6.45) is 12.4. The Labute approximate surface area is 157 Å². The standard InChI is InChI=1S/C19H36N2O3S/c1-3-4-9-15-20-17(22)12-11-13-18(23)21-16-10-7-5-6-8-14-19(24)25-2/h3-16H2,1-2H3,(H,20,22)(H,21,23). The first kappa shape index (κ1) is 24.0. The Morgan fingerprint density at radius 3 is 1.76 bits per heavy atom. The van der Waals surface area contributed by atoms with Crippen LogP contribution in [0.4, 0.5) is 0 Å². The van der Waals surface area contributed by atoms with E-state index in [-0.39, 0.29) is 16.9 Å². The van der Waals surface area contributed by atoms with Gasteiger partial charge in [-0.1, -0.05) is 50.8 Å². The highest BCUT2D eigenvalue weighted by molar-refractivity contribution is 8.13. The van der Waals surface area contributed by atoms with Crippen LogP contribution in [0.15, 0.2) is 0 Å². The predicted molar refractivity (Wildman–Crippen MR) is 106 cm³/mol. The lowest BCUT2D eigenvalue weighted by Gasteiger charge is -2.06. The van der Waals surface area contributed by atoms with Crippen LogP contribution in [0, 0.1) is 0 Å². The number of rotatable bonds is 16. The van der Waals surface area contributed by atoms with Gasteiger partial charge < -0.3 is 10.6 Å². The van der Waals surface area contributed by atoms with Crippen LogP contribution in [0.2, 0.25) is 0 Å². The van der Waals surface area contributed by atoms with E-state index in [2.05, 4.69) is 17.6 Å². The Bertz CT molecular complexity index is 376. The number of hydrogen-bond donors (Lipinski definition) is 2. The molecule has 5 nitrogen and oxygen atoms in total. The van der Waals surface area contributed by atoms with E-state index < -0.39 is 0 Å². The van der Waals surface area contributed by atoms with Crippen LogP contribution < -0.4 is 10.6 Å². The molecule has 0 aliphatic heterocycles. The summed E-state index contributed by atoms with van der Waals surface area (Å²) in [4.78, 5) is 34.4. The normalized spacial score (nSPS) is 10.5. The first-order valence-electron chi connectivity index (χ1n) is 9.70. The molecule has 2 N–H and O–H groups in total. The molecule has 0 saturated carbocycles. The molecule has 146 valence electrons. The minimum Gasteiger partial charge on any atom is -0.356 e. The monoisotopic (exact) mass is 372 g/mol. The third-order valence-electron chi connectivity index (χ3n) is 4.02. The van der Waals surface area contributed by atoms with Crippen LogP contribution in [0.1, 0.15) is 84.0 Å². The van der Waals surface area contributed by atoms with Gasteiger partial charge in [-0.15, -0.1) is 0 Å². The SMILES string of the molecule is CCCCCNC(=O)CCCC(=O)NCCCCCCCC(=O)SC. The Kier molecular flexibility index (Phi) is 17.0. The van der Waals surface area contributed by atoms with Gasteiger partial charge in [-0.05, 0) is 31.9 Å². The van der Waals surface area contributed by atoms with Gasteiger partial charge >= 0.3 is 0 Å². The summed E-state index contributed by atoms with van der Waals surface area (Å²) in [5.41, 5.74) is 0. The van der Waals surface area contributed by atoms with Gasteiger partial charge in [-0.25, -0.2) is 0 Å². The van der Waals surface area contributed by atoms with Crippen molar-refractivity contribution in [2.24, 2.45) is 0 Å². The number of thioether (sulfide) groups is 1. The van der Waals surface area contributed by atoms with Crippen molar-refractivity contribution in [3.05, 3.63) is 0 Å². The van der Waals surface area contributed by atoms with E-state index in [9.17, 15) is 14.4 Å². The Hall–Kier alpha value is -1.04. The van der Waals surface area contributed by atoms with E-state index in [0.717, 1.165) is 57.9 Å². The topological polar surface area (TPSA) is 75.3 Å². The second-order valence-corrected chi connectivity index (χ2v) is 7.22. The van der Waals surface area contributed by atoms with Crippen molar-refractivity contribution in [1.82, 2.24) is 10.6 Å². The van der Waals surface area contributed by atoms with Gasteiger partial charge in [-0.3, -0.25) is 14.4 Å². The van der Waals surface area contributed by atoms with Crippen LogP contribution in [-0.2, 0) is 14.4 Å². The number of carbonyl (C=O) groups is 3. The molecule has 0 fully saturated rings. The minimum absolute atomic E-state index is 0.0318. The highest BCUT2D eigenvalue weighted by atomic mass is 32.2.